The van der Waals surface area contributed by atoms with Gasteiger partial charge in [0.15, 0.2) is 0 Å². The average molecular weight is 1270 g/mol. The van der Waals surface area contributed by atoms with E-state index in [1.165, 1.54) is 123 Å². The van der Waals surface area contributed by atoms with Crippen LogP contribution in [0, 0.1) is 6.92 Å². The summed E-state index contributed by atoms with van der Waals surface area (Å²) in [6, 6.07) is 67.1. The molecule has 9 aromatic carbocycles. The monoisotopic (exact) mass is 1260 g/mol. The summed E-state index contributed by atoms with van der Waals surface area (Å²) < 4.78 is 0. The zero-order valence-electron chi connectivity index (χ0n) is 62.6. The zero-order chi connectivity index (χ0) is 68.7. The van der Waals surface area contributed by atoms with Gasteiger partial charge in [-0.05, 0) is 255 Å². The number of rotatable bonds is 5. The molecule has 0 radical (unpaired) electrons. The molecule has 492 valence electrons. The minimum atomic E-state index is -0.334. The van der Waals surface area contributed by atoms with Crippen LogP contribution < -0.4 is 36.0 Å². The van der Waals surface area contributed by atoms with Gasteiger partial charge in [-0.25, -0.2) is 0 Å². The van der Waals surface area contributed by atoms with Crippen LogP contribution in [0.2, 0.25) is 0 Å². The standard InChI is InChI=1S/C91H105BN4/c1-55-43-68-73-51-76(55)96-77-46-64(93(59-31-25-56(26-32-59)82(2,3)4)60-33-27-57(28-34-60)83(5,6)7)39-42-74(77)92-75-49-70-71(89(20,21)53-88(70,18)19)50-78(75)95(63-38-41-67-69(44-63)87(16,17)52-86(67,14)15)79-47-65(48-80(96)81(79)92)94(61-35-29-58(30-36-61)84(8,9)10)62-37-40-66(85(11,12)13)72(45-62)91(73,24)54-90(68,22)23/h25-51H,52-54H2,1-24H3. The number of anilines is 12. The second-order valence-corrected chi connectivity index (χ2v) is 37.9. The molecule has 0 fully saturated rings. The summed E-state index contributed by atoms with van der Waals surface area (Å²) in [5, 5.41) is 0. The normalized spacial score (nSPS) is 19.5. The van der Waals surface area contributed by atoms with E-state index >= 15 is 0 Å². The highest BCUT2D eigenvalue weighted by atomic mass is 15.2. The zero-order valence-corrected chi connectivity index (χ0v) is 62.6. The first kappa shape index (κ1) is 64.3. The predicted molar refractivity (Wildman–Crippen MR) is 415 cm³/mol. The SMILES string of the molecule is Cc1cc2c3cc1N1c4cc(N(c5ccc(C(C)(C)C)cc5)c5ccc(C(C)(C)C)cc5)ccc4B4c5cc6c(cc5N(c5ccc7c(c5)C(C)(C)CC7(C)C)c5cc(cc1c54)N(c1ccc(C(C)(C)C)cc1)c1ccc(C(C)(C)C)c(c1)C3(C)CC2(C)C)C(C)(C)CC6(C)C. The molecule has 3 aliphatic heterocycles. The molecule has 1 unspecified atom stereocenters. The summed E-state index contributed by atoms with van der Waals surface area (Å²) in [7, 11) is 0. The molecule has 9 aromatic rings. The lowest BCUT2D eigenvalue weighted by atomic mass is 9.33. The Kier molecular flexibility index (Phi) is 13.7. The first-order valence-corrected chi connectivity index (χ1v) is 36.1. The van der Waals surface area contributed by atoms with E-state index in [0.29, 0.717) is 0 Å². The molecule has 0 N–H and O–H groups in total. The molecule has 0 spiro atoms. The molecule has 0 saturated heterocycles. The largest absolute Gasteiger partial charge is 0.311 e. The Labute approximate surface area is 577 Å². The van der Waals surface area contributed by atoms with Crippen molar-refractivity contribution < 1.29 is 0 Å². The van der Waals surface area contributed by atoms with Gasteiger partial charge in [0.25, 0.3) is 6.71 Å². The first-order chi connectivity index (χ1) is 44.6. The van der Waals surface area contributed by atoms with Gasteiger partial charge in [0.2, 0.25) is 0 Å². The third-order valence-electron chi connectivity index (χ3n) is 24.0. The van der Waals surface area contributed by atoms with Crippen molar-refractivity contribution >= 4 is 91.3 Å². The third-order valence-corrected chi connectivity index (χ3v) is 24.0. The number of fused-ring (bicyclic) bond motifs is 13. The van der Waals surface area contributed by atoms with Gasteiger partial charge in [-0.2, -0.15) is 0 Å². The lowest BCUT2D eigenvalue weighted by Crippen LogP contribution is -2.61. The summed E-state index contributed by atoms with van der Waals surface area (Å²) in [5.41, 5.74) is 34.5. The van der Waals surface area contributed by atoms with Crippen LogP contribution >= 0.6 is 0 Å². The van der Waals surface area contributed by atoms with E-state index < -0.39 is 0 Å². The van der Waals surface area contributed by atoms with Gasteiger partial charge < -0.3 is 19.6 Å². The topological polar surface area (TPSA) is 13.0 Å². The number of hydrogen-bond donors (Lipinski definition) is 0. The summed E-state index contributed by atoms with van der Waals surface area (Å²) in [6.45, 7) is 57.9. The minimum Gasteiger partial charge on any atom is -0.311 e. The van der Waals surface area contributed by atoms with Crippen LogP contribution in [0.4, 0.5) is 68.2 Å². The maximum atomic E-state index is 2.77. The summed E-state index contributed by atoms with van der Waals surface area (Å²) in [6.07, 6.45) is 3.17. The maximum Gasteiger partial charge on any atom is 0.252 e. The maximum absolute atomic E-state index is 2.77. The molecule has 4 nitrogen and oxygen atoms in total. The summed E-state index contributed by atoms with van der Waals surface area (Å²) in [5.74, 6) is 0. The average Bonchev–Trinajstić information content (AvgIpc) is 1.06. The van der Waals surface area contributed by atoms with Crippen LogP contribution in [0.1, 0.15) is 245 Å². The van der Waals surface area contributed by atoms with E-state index in [1.54, 1.807) is 0 Å². The molecular weight excluding hydrogens is 1160 g/mol. The predicted octanol–water partition coefficient (Wildman–Crippen LogP) is 23.4. The second kappa shape index (κ2) is 20.4. The van der Waals surface area contributed by atoms with E-state index in [-0.39, 0.29) is 60.9 Å². The minimum absolute atomic E-state index is 0.00139. The van der Waals surface area contributed by atoms with Crippen molar-refractivity contribution in [2.45, 2.75) is 240 Å². The molecule has 3 heterocycles. The Hall–Kier alpha value is -7.76. The molecule has 0 aromatic heterocycles. The molecular formula is C91H105BN4. The van der Waals surface area contributed by atoms with Gasteiger partial charge in [0, 0.05) is 68.0 Å². The van der Waals surface area contributed by atoms with Crippen molar-refractivity contribution in [2.75, 3.05) is 19.6 Å². The molecule has 5 heteroatoms. The fraction of sp³-hybridized carbons (Fsp3) is 0.407. The van der Waals surface area contributed by atoms with E-state index in [9.17, 15) is 0 Å². The highest BCUT2D eigenvalue weighted by molar-refractivity contribution is 7.00. The van der Waals surface area contributed by atoms with Crippen molar-refractivity contribution in [3.8, 4) is 0 Å². The lowest BCUT2D eigenvalue weighted by Gasteiger charge is -2.46. The van der Waals surface area contributed by atoms with Gasteiger partial charge in [-0.15, -0.1) is 0 Å². The van der Waals surface area contributed by atoms with Crippen LogP contribution in [0.25, 0.3) is 0 Å². The number of aryl methyl sites for hydroxylation is 1. The fourth-order valence-electron chi connectivity index (χ4n) is 19.6. The molecule has 15 rings (SSSR count). The van der Waals surface area contributed by atoms with Crippen molar-refractivity contribution in [3.05, 3.63) is 231 Å². The van der Waals surface area contributed by atoms with Crippen LogP contribution in [-0.2, 0) is 54.1 Å². The molecule has 3 aliphatic carbocycles. The molecule has 6 bridgehead atoms. The highest BCUT2D eigenvalue weighted by Gasteiger charge is 2.52. The Morgan fingerprint density at radius 1 is 0.312 bits per heavy atom. The number of nitrogens with zero attached hydrogens (tertiary/aromatic N) is 4. The van der Waals surface area contributed by atoms with Crippen LogP contribution in [-0.4, -0.2) is 6.71 Å². The Balaban J connectivity index is 1.11. The Morgan fingerprint density at radius 2 is 0.740 bits per heavy atom. The van der Waals surface area contributed by atoms with Crippen LogP contribution in [0.3, 0.4) is 0 Å². The third kappa shape index (κ3) is 9.77. The quantitative estimate of drug-likeness (QED) is 0.159. The molecule has 1 atom stereocenters. The van der Waals surface area contributed by atoms with Crippen molar-refractivity contribution in [3.63, 3.8) is 0 Å². The second-order valence-electron chi connectivity index (χ2n) is 37.9. The van der Waals surface area contributed by atoms with E-state index in [1.807, 2.05) is 0 Å². The molecule has 96 heavy (non-hydrogen) atoms. The van der Waals surface area contributed by atoms with E-state index in [0.717, 1.165) is 47.7 Å². The first-order valence-electron chi connectivity index (χ1n) is 36.1. The molecule has 0 saturated carbocycles. The smallest absolute Gasteiger partial charge is 0.252 e. The Morgan fingerprint density at radius 3 is 1.29 bits per heavy atom. The van der Waals surface area contributed by atoms with Crippen molar-refractivity contribution in [1.82, 2.24) is 0 Å². The number of hydrogen-bond acceptors (Lipinski definition) is 4. The van der Waals surface area contributed by atoms with Gasteiger partial charge >= 0.3 is 0 Å². The van der Waals surface area contributed by atoms with E-state index in [2.05, 4.69) is 350 Å². The summed E-state index contributed by atoms with van der Waals surface area (Å²) >= 11 is 0. The van der Waals surface area contributed by atoms with Crippen LogP contribution in [0.15, 0.2) is 164 Å². The molecule has 6 aliphatic rings. The number of benzene rings is 9. The van der Waals surface area contributed by atoms with E-state index in [4.69, 9.17) is 0 Å². The Bertz CT molecular complexity index is 4660. The van der Waals surface area contributed by atoms with Gasteiger partial charge in [0.05, 0.1) is 5.69 Å². The summed E-state index contributed by atoms with van der Waals surface area (Å²) in [4.78, 5) is 10.7. The van der Waals surface area contributed by atoms with Crippen molar-refractivity contribution in [2.24, 2.45) is 0 Å². The van der Waals surface area contributed by atoms with Crippen LogP contribution in [0.5, 0.6) is 0 Å². The van der Waals surface area contributed by atoms with Gasteiger partial charge in [-0.1, -0.05) is 226 Å². The van der Waals surface area contributed by atoms with Gasteiger partial charge in [0.1, 0.15) is 0 Å². The highest BCUT2D eigenvalue weighted by Crippen LogP contribution is 2.61. The fourth-order valence-corrected chi connectivity index (χ4v) is 19.6. The molecule has 0 amide bonds. The lowest BCUT2D eigenvalue weighted by molar-refractivity contribution is 0.403. The van der Waals surface area contributed by atoms with Crippen molar-refractivity contribution in [1.29, 1.82) is 0 Å². The van der Waals surface area contributed by atoms with Gasteiger partial charge in [-0.3, -0.25) is 0 Å².